The minimum absolute atomic E-state index is 0. The number of likely N-dealkylation sites (N-methyl/N-ethyl adjacent to an activating group) is 1. The molecule has 30 heteroatoms. The molecule has 3 heterocycles. The first-order chi connectivity index (χ1) is 59.0. The Morgan fingerprint density at radius 1 is 0.468 bits per heavy atom. The third kappa shape index (κ3) is 25.1. The highest BCUT2D eigenvalue weighted by molar-refractivity contribution is 6.48. The normalized spacial score (nSPS) is 29.6. The molecule has 13 saturated carbocycles. The summed E-state index contributed by atoms with van der Waals surface area (Å²) < 4.78 is 70.7. The Morgan fingerprint density at radius 3 is 1.08 bits per heavy atom. The van der Waals surface area contributed by atoms with Crippen molar-refractivity contribution in [2.75, 3.05) is 7.05 Å². The van der Waals surface area contributed by atoms with Gasteiger partial charge in [-0.05, 0) is 215 Å². The predicted octanol–water partition coefficient (Wildman–Crippen LogP) is 9.93. The molecule has 126 heavy (non-hydrogen) atoms. The van der Waals surface area contributed by atoms with Crippen LogP contribution in [0.25, 0.3) is 0 Å². The molecule has 8 unspecified atom stereocenters. The van der Waals surface area contributed by atoms with E-state index in [-0.39, 0.29) is 122 Å². The molecule has 3 aliphatic heterocycles. The fourth-order valence-electron chi connectivity index (χ4n) is 22.4. The number of halogens is 4. The van der Waals surface area contributed by atoms with Crippen LogP contribution in [0.3, 0.4) is 0 Å². The number of Topliss-reactive ketones (excluding diaryl/α,β-unsaturated/α-hetero) is 3. The second kappa shape index (κ2) is 42.1. The Hall–Kier alpha value is -6.33. The van der Waals surface area contributed by atoms with E-state index in [1.807, 2.05) is 121 Å². The van der Waals surface area contributed by atoms with Crippen molar-refractivity contribution in [3.63, 3.8) is 0 Å². The summed E-state index contributed by atoms with van der Waals surface area (Å²) in [6.45, 7) is 23.9. The molecule has 0 radical (unpaired) electrons. The average Bonchev–Trinajstić information content (AvgIpc) is 1.64. The second-order valence-corrected chi connectivity index (χ2v) is 41.4. The predicted molar refractivity (Wildman–Crippen MR) is 473 cm³/mol. The van der Waals surface area contributed by atoms with Crippen LogP contribution in [0.15, 0.2) is 121 Å². The van der Waals surface area contributed by atoms with Crippen molar-refractivity contribution in [2.45, 2.75) is 326 Å². The molecule has 2 amide bonds. The minimum Gasteiger partial charge on any atom is -1.00 e. The minimum atomic E-state index is -5.19. The average molecular weight is 1770 g/mol. The van der Waals surface area contributed by atoms with E-state index < -0.39 is 55.2 Å². The van der Waals surface area contributed by atoms with Gasteiger partial charge in [-0.2, -0.15) is 13.2 Å². The molecule has 4 aromatic carbocycles. The molecule has 16 fully saturated rings. The number of carbonyl (C=O) groups is 7. The van der Waals surface area contributed by atoms with Crippen molar-refractivity contribution in [1.29, 1.82) is 0 Å². The number of carboxylic acids is 2. The van der Waals surface area contributed by atoms with Crippen LogP contribution < -0.4 is 44.9 Å². The molecule has 16 aliphatic rings. The molecule has 4 aromatic rings. The van der Waals surface area contributed by atoms with Crippen LogP contribution in [-0.4, -0.2) is 163 Å². The molecule has 0 aromatic heterocycles. The summed E-state index contributed by atoms with van der Waals surface area (Å²) in [6.07, 6.45) is 19.1. The van der Waals surface area contributed by atoms with E-state index >= 15 is 0 Å². The standard InChI is InChI=1S/C27H38BNO4.C25H36BNO3.C17H24BNO4.C15H26BNO2.C10H13NO2.C2HF3O2.ClH/c1-17(30)29-22(13-18-8-6-5-7-9-18)23(31)16-21(12-19-10-11-19)28-32-25-15-20-14-24(26(20,2)3)27(25,4)33-28;1-24(2)18-13-22(24)25(3)23(14-18)29-26(30-25)19(11-17-9-10-17)15-21(28)20(27)12-16-7-5-4-6-8-16;1-12(20)19-16(10-13-5-3-2-4-6-13)17(21)11-15(18(22)23)9-14-7-8-14;1-14(2)10-7-11(14)15(3)12(8-10)18-16(19-15)13(17)6-9-4-5-9;1-11-9(10(12)13)7-8-5-3-2-4-6-8;3-2(4,5)1(6)7;/h5-9,19-22,24-25H,10-16H2,1-4H3,(H,29,30);4-8,17-20,22-23H,9-15,27H2,1-3H3;2-6,14-16,22-23H,7-11H2,1H3,(H,19,20);9-13H,4-8,17H2,1-3H3;2-6,9,11H,7H2,1H3,(H,12,13);(H,6,7);1H/p-2/t20-,21?,22?,24-,25+,27-;18-,19?,20?,22-,23+,25-;;10-,11-,12+,13?,15-;;;/m00.0.../s1. The summed E-state index contributed by atoms with van der Waals surface area (Å²) in [5.74, 6) is 2.30. The van der Waals surface area contributed by atoms with Gasteiger partial charge in [0, 0.05) is 56.5 Å². The SMILES string of the molecule is CC(=O)NC(Cc1ccccc1)C(=O)CC(CC1CC1)B(O)O.CC(=O)NC(Cc1ccccc1)C(=O)CC(CC1CC1)B1O[C@@H]2C[C@@H]3C[C@@H](C3(C)C)[C@]2(C)O1.CC1(C)[C@@H]2C[C@H]3OB(C(CC(=O)C(N)Cc4ccccc4)CC4CC4)O[C@@]3(C)[C@H]1C2.CC1(C)[C@@H]2C[C@H]3OB(C(N)CC4CC4)O[C@@]3(C)[C@H]1C2.CNC(Cc1ccccc1)C(=O)O.O=C([O-])C(F)(F)F.[Cl-]. The summed E-state index contributed by atoms with van der Waals surface area (Å²) in [6, 6.07) is 36.9. The van der Waals surface area contributed by atoms with Gasteiger partial charge in [-0.1, -0.05) is 214 Å². The van der Waals surface area contributed by atoms with Crippen molar-refractivity contribution in [1.82, 2.24) is 16.0 Å². The summed E-state index contributed by atoms with van der Waals surface area (Å²) in [5.41, 5.74) is 17.3. The van der Waals surface area contributed by atoms with Crippen molar-refractivity contribution < 1.29 is 107 Å². The van der Waals surface area contributed by atoms with Crippen LogP contribution in [0.2, 0.25) is 17.5 Å². The number of alkyl halides is 3. The smallest absolute Gasteiger partial charge is 0.475 e. The molecular weight excluding hydrogens is 1630 g/mol. The van der Waals surface area contributed by atoms with Gasteiger partial charge in [-0.3, -0.25) is 28.8 Å². The number of amides is 2. The molecule has 10 N–H and O–H groups in total. The topological polar surface area (TPSA) is 347 Å². The van der Waals surface area contributed by atoms with Crippen LogP contribution >= 0.6 is 0 Å². The monoisotopic (exact) mass is 1770 g/mol. The van der Waals surface area contributed by atoms with Gasteiger partial charge in [0.15, 0.2) is 11.6 Å². The zero-order valence-corrected chi connectivity index (χ0v) is 76.6. The van der Waals surface area contributed by atoms with E-state index in [2.05, 4.69) is 78.3 Å². The highest BCUT2D eigenvalue weighted by Crippen LogP contribution is 2.69. The van der Waals surface area contributed by atoms with Gasteiger partial charge in [-0.25, -0.2) is 0 Å². The largest absolute Gasteiger partial charge is 1.00 e. The van der Waals surface area contributed by atoms with Crippen LogP contribution in [0.4, 0.5) is 13.2 Å². The fourth-order valence-corrected chi connectivity index (χ4v) is 22.4. The molecule has 0 spiro atoms. The number of benzene rings is 4. The van der Waals surface area contributed by atoms with Crippen LogP contribution in [0, 0.1) is 75.4 Å². The molecule has 22 nitrogen and oxygen atoms in total. The van der Waals surface area contributed by atoms with E-state index in [9.17, 15) is 52.0 Å². The van der Waals surface area contributed by atoms with Crippen molar-refractivity contribution in [2.24, 2.45) is 86.9 Å². The van der Waals surface area contributed by atoms with Gasteiger partial charge in [0.2, 0.25) is 11.8 Å². The van der Waals surface area contributed by atoms with E-state index in [0.717, 1.165) is 97.3 Å². The number of hydrogen-bond acceptors (Lipinski definition) is 19. The second-order valence-electron chi connectivity index (χ2n) is 41.4. The van der Waals surface area contributed by atoms with Crippen LogP contribution in [0.1, 0.15) is 233 Å². The first-order valence-electron chi connectivity index (χ1n) is 46.3. The number of aliphatic carboxylic acids is 2. The lowest BCUT2D eigenvalue weighted by atomic mass is 9.43. The van der Waals surface area contributed by atoms with Gasteiger partial charge in [0.05, 0.1) is 53.2 Å². The Morgan fingerprint density at radius 2 is 0.770 bits per heavy atom. The summed E-state index contributed by atoms with van der Waals surface area (Å²) in [4.78, 5) is 81.8. The lowest BCUT2D eigenvalue weighted by molar-refractivity contribution is -0.344. The molecule has 6 bridgehead atoms. The van der Waals surface area contributed by atoms with Gasteiger partial charge in [-0.15, -0.1) is 0 Å². The number of nitrogens with one attached hydrogen (secondary N) is 3. The molecule has 3 saturated heterocycles. The van der Waals surface area contributed by atoms with Gasteiger partial charge < -0.3 is 92.8 Å². The Bertz CT molecular complexity index is 4290. The Balaban J connectivity index is 0.000000154. The zero-order valence-electron chi connectivity index (χ0n) is 75.9. The maximum Gasteiger partial charge on any atom is 0.475 e. The van der Waals surface area contributed by atoms with Crippen LogP contribution in [0.5, 0.6) is 0 Å². The fraction of sp³-hybridized carbons (Fsp3) is 0.677. The Labute approximate surface area is 751 Å². The zero-order chi connectivity index (χ0) is 90.5. The van der Waals surface area contributed by atoms with E-state index in [4.69, 9.17) is 54.4 Å². The number of rotatable bonds is 33. The maximum atomic E-state index is 13.5. The number of ketones is 3. The molecular formula is C96H137B4ClF3N5O17-2. The first kappa shape index (κ1) is 100. The van der Waals surface area contributed by atoms with Gasteiger partial charge in [0.1, 0.15) is 17.8 Å². The quantitative estimate of drug-likeness (QED) is 0.0206. The highest BCUT2D eigenvalue weighted by Gasteiger charge is 2.71. The maximum absolute atomic E-state index is 13.5. The third-order valence-corrected chi connectivity index (χ3v) is 31.1. The summed E-state index contributed by atoms with van der Waals surface area (Å²) >= 11 is 0. The number of nitrogens with two attached hydrogens (primary N) is 2. The molecule has 20 rings (SSSR count). The van der Waals surface area contributed by atoms with Crippen molar-refractivity contribution in [3.05, 3.63) is 144 Å². The van der Waals surface area contributed by atoms with Crippen molar-refractivity contribution in [3.8, 4) is 0 Å². The van der Waals surface area contributed by atoms with E-state index in [0.29, 0.717) is 96.7 Å². The van der Waals surface area contributed by atoms with Crippen LogP contribution in [-0.2, 0) is 87.2 Å². The first-order valence-corrected chi connectivity index (χ1v) is 46.3. The number of carbonyl (C=O) groups excluding carboxylic acids is 6. The number of carboxylic acid groups (broad SMARTS) is 2. The number of hydrogen-bond donors (Lipinski definition) is 8. The third-order valence-electron chi connectivity index (χ3n) is 31.1. The molecule has 13 aliphatic carbocycles. The summed E-state index contributed by atoms with van der Waals surface area (Å²) in [7, 11) is -0.583. The van der Waals surface area contributed by atoms with E-state index in [1.54, 1.807) is 7.05 Å². The lowest BCUT2D eigenvalue weighted by Gasteiger charge is -2.64. The Kier molecular flexibility index (Phi) is 33.5. The van der Waals surface area contributed by atoms with Gasteiger partial charge in [0.25, 0.3) is 0 Å². The highest BCUT2D eigenvalue weighted by atomic mass is 35.5. The summed E-state index contributed by atoms with van der Waals surface area (Å²) in [5, 5.41) is 44.9. The van der Waals surface area contributed by atoms with Crippen molar-refractivity contribution >= 4 is 69.6 Å². The van der Waals surface area contributed by atoms with E-state index in [1.165, 1.54) is 71.6 Å². The lowest BCUT2D eigenvalue weighted by Crippen LogP contribution is -3.00. The molecule has 20 atom stereocenters. The molecule has 690 valence electrons. The van der Waals surface area contributed by atoms with Gasteiger partial charge >= 0.3 is 40.6 Å².